The molecule has 1 aliphatic rings. The standard InChI is InChI=1S/C22H24N4O2/c1-15(18-4-3-9-24-11-18)5-8-21(23)16(2)25-22(28)26-12-19-7-6-17(14-27)10-20(19)13-26/h3-11,27H,2,12-14,23H2,1H3,(H,25,28)/b15-5+,21-8+. The van der Waals surface area contributed by atoms with Crippen molar-refractivity contribution in [2.45, 2.75) is 26.6 Å². The average Bonchev–Trinajstić information content (AvgIpc) is 3.15. The number of carbonyl (C=O) groups excluding carboxylic acids is 1. The summed E-state index contributed by atoms with van der Waals surface area (Å²) in [5.41, 5.74) is 11.8. The zero-order valence-electron chi connectivity index (χ0n) is 15.9. The molecule has 3 rings (SSSR count). The number of aliphatic hydroxyl groups is 1. The van der Waals surface area contributed by atoms with Gasteiger partial charge in [0, 0.05) is 25.5 Å². The number of nitrogens with two attached hydrogens (primary N) is 1. The third-order valence-corrected chi connectivity index (χ3v) is 4.70. The maximum absolute atomic E-state index is 12.5. The molecule has 2 amide bonds. The molecule has 0 fully saturated rings. The van der Waals surface area contributed by atoms with Gasteiger partial charge in [-0.1, -0.05) is 36.9 Å². The Morgan fingerprint density at radius 2 is 2.11 bits per heavy atom. The number of carbonyl (C=O) groups is 1. The quantitative estimate of drug-likeness (QED) is 0.700. The Morgan fingerprint density at radius 3 is 2.82 bits per heavy atom. The van der Waals surface area contributed by atoms with Gasteiger partial charge < -0.3 is 21.1 Å². The molecule has 2 aromatic rings. The Hall–Kier alpha value is -3.38. The van der Waals surface area contributed by atoms with Crippen LogP contribution < -0.4 is 11.1 Å². The summed E-state index contributed by atoms with van der Waals surface area (Å²) in [5, 5.41) is 12.0. The zero-order valence-corrected chi connectivity index (χ0v) is 15.9. The number of pyridine rings is 1. The van der Waals surface area contributed by atoms with Crippen molar-refractivity contribution in [2.75, 3.05) is 0 Å². The molecule has 0 bridgehead atoms. The van der Waals surface area contributed by atoms with Crippen molar-refractivity contribution in [3.63, 3.8) is 0 Å². The molecule has 0 unspecified atom stereocenters. The highest BCUT2D eigenvalue weighted by atomic mass is 16.3. The number of aromatic nitrogens is 1. The third kappa shape index (κ3) is 4.47. The predicted octanol–water partition coefficient (Wildman–Crippen LogP) is 3.06. The summed E-state index contributed by atoms with van der Waals surface area (Å²) < 4.78 is 0. The predicted molar refractivity (Wildman–Crippen MR) is 109 cm³/mol. The molecule has 144 valence electrons. The fraction of sp³-hybridized carbons (Fsp3) is 0.182. The summed E-state index contributed by atoms with van der Waals surface area (Å²) >= 11 is 0. The highest BCUT2D eigenvalue weighted by Crippen LogP contribution is 2.24. The van der Waals surface area contributed by atoms with Crippen LogP contribution in [0.3, 0.4) is 0 Å². The summed E-state index contributed by atoms with van der Waals surface area (Å²) in [6, 6.07) is 9.33. The molecule has 1 aliphatic heterocycles. The van der Waals surface area contributed by atoms with Crippen LogP contribution in [0.5, 0.6) is 0 Å². The van der Waals surface area contributed by atoms with E-state index < -0.39 is 0 Å². The molecular formula is C22H24N4O2. The first-order chi connectivity index (χ1) is 13.5. The molecule has 0 atom stereocenters. The number of allylic oxidation sites excluding steroid dienone is 3. The largest absolute Gasteiger partial charge is 0.397 e. The molecule has 0 spiro atoms. The minimum atomic E-state index is -0.254. The van der Waals surface area contributed by atoms with Crippen molar-refractivity contribution in [3.05, 3.63) is 95.1 Å². The first-order valence-electron chi connectivity index (χ1n) is 8.99. The van der Waals surface area contributed by atoms with Gasteiger partial charge in [-0.3, -0.25) is 4.98 Å². The summed E-state index contributed by atoms with van der Waals surface area (Å²) in [6.45, 7) is 6.83. The number of fused-ring (bicyclic) bond motifs is 1. The molecule has 28 heavy (non-hydrogen) atoms. The first-order valence-corrected chi connectivity index (χ1v) is 8.99. The lowest BCUT2D eigenvalue weighted by Crippen LogP contribution is -2.36. The highest BCUT2D eigenvalue weighted by Gasteiger charge is 2.23. The second kappa shape index (κ2) is 8.54. The van der Waals surface area contributed by atoms with Crippen molar-refractivity contribution in [2.24, 2.45) is 5.73 Å². The van der Waals surface area contributed by atoms with Crippen LogP contribution in [0.2, 0.25) is 0 Å². The molecule has 0 aliphatic carbocycles. The van der Waals surface area contributed by atoms with Crippen LogP contribution in [0.25, 0.3) is 5.57 Å². The van der Waals surface area contributed by atoms with Crippen LogP contribution in [0, 0.1) is 0 Å². The minimum absolute atomic E-state index is 0.0103. The lowest BCUT2D eigenvalue weighted by molar-refractivity contribution is 0.201. The van der Waals surface area contributed by atoms with Crippen molar-refractivity contribution in [1.82, 2.24) is 15.2 Å². The van der Waals surface area contributed by atoms with Crippen molar-refractivity contribution < 1.29 is 9.90 Å². The minimum Gasteiger partial charge on any atom is -0.397 e. The Bertz CT molecular complexity index is 948. The SMILES string of the molecule is C=C(NC(=O)N1Cc2ccc(CO)cc2C1)/C(N)=C\C=C(/C)c1cccnc1. The molecule has 0 saturated carbocycles. The average molecular weight is 376 g/mol. The van der Waals surface area contributed by atoms with Crippen LogP contribution in [0.4, 0.5) is 4.79 Å². The Labute approximate surface area is 164 Å². The Kier molecular flexibility index (Phi) is 5.91. The number of rotatable bonds is 5. The van der Waals surface area contributed by atoms with E-state index >= 15 is 0 Å². The van der Waals surface area contributed by atoms with E-state index in [9.17, 15) is 9.90 Å². The number of aliphatic hydroxyl groups excluding tert-OH is 1. The lowest BCUT2D eigenvalue weighted by atomic mass is 10.1. The van der Waals surface area contributed by atoms with Gasteiger partial charge in [-0.25, -0.2) is 4.79 Å². The van der Waals surface area contributed by atoms with Crippen LogP contribution in [0.15, 0.2) is 72.9 Å². The van der Waals surface area contributed by atoms with E-state index in [4.69, 9.17) is 5.73 Å². The van der Waals surface area contributed by atoms with Crippen molar-refractivity contribution in [3.8, 4) is 0 Å². The van der Waals surface area contributed by atoms with Gasteiger partial charge in [-0.05, 0) is 46.9 Å². The first kappa shape index (κ1) is 19.4. The summed E-state index contributed by atoms with van der Waals surface area (Å²) in [5.74, 6) is 0. The van der Waals surface area contributed by atoms with Gasteiger partial charge in [0.15, 0.2) is 0 Å². The van der Waals surface area contributed by atoms with Crippen LogP contribution in [0.1, 0.15) is 29.2 Å². The van der Waals surface area contributed by atoms with E-state index in [1.54, 1.807) is 23.4 Å². The van der Waals surface area contributed by atoms with Crippen LogP contribution >= 0.6 is 0 Å². The van der Waals surface area contributed by atoms with Crippen molar-refractivity contribution in [1.29, 1.82) is 0 Å². The van der Waals surface area contributed by atoms with E-state index in [0.29, 0.717) is 24.5 Å². The van der Waals surface area contributed by atoms with E-state index in [1.165, 1.54) is 0 Å². The number of benzene rings is 1. The van der Waals surface area contributed by atoms with E-state index in [1.807, 2.05) is 43.3 Å². The van der Waals surface area contributed by atoms with Crippen LogP contribution in [-0.4, -0.2) is 21.0 Å². The lowest BCUT2D eigenvalue weighted by Gasteiger charge is -2.17. The highest BCUT2D eigenvalue weighted by molar-refractivity contribution is 5.77. The molecule has 1 aromatic heterocycles. The normalized spacial score (nSPS) is 14.0. The molecule has 0 radical (unpaired) electrons. The van der Waals surface area contributed by atoms with Gasteiger partial charge in [0.05, 0.1) is 18.0 Å². The van der Waals surface area contributed by atoms with E-state index in [2.05, 4.69) is 16.9 Å². The third-order valence-electron chi connectivity index (χ3n) is 4.70. The maximum Gasteiger partial charge on any atom is 0.322 e. The van der Waals surface area contributed by atoms with E-state index in [0.717, 1.165) is 27.8 Å². The number of hydrogen-bond acceptors (Lipinski definition) is 4. The Morgan fingerprint density at radius 1 is 1.32 bits per heavy atom. The van der Waals surface area contributed by atoms with Crippen molar-refractivity contribution >= 4 is 11.6 Å². The molecule has 0 saturated heterocycles. The second-order valence-corrected chi connectivity index (χ2v) is 6.74. The zero-order chi connectivity index (χ0) is 20.1. The fourth-order valence-corrected chi connectivity index (χ4v) is 2.98. The topological polar surface area (TPSA) is 91.5 Å². The van der Waals surface area contributed by atoms with E-state index in [-0.39, 0.29) is 12.6 Å². The second-order valence-electron chi connectivity index (χ2n) is 6.74. The van der Waals surface area contributed by atoms with Gasteiger partial charge in [0.1, 0.15) is 0 Å². The van der Waals surface area contributed by atoms with Gasteiger partial charge >= 0.3 is 6.03 Å². The molecule has 6 heteroatoms. The molecular weight excluding hydrogens is 352 g/mol. The molecule has 4 N–H and O–H groups in total. The summed E-state index contributed by atoms with van der Waals surface area (Å²) in [6.07, 6.45) is 7.09. The monoisotopic (exact) mass is 376 g/mol. The van der Waals surface area contributed by atoms with Gasteiger partial charge in [0.25, 0.3) is 0 Å². The summed E-state index contributed by atoms with van der Waals surface area (Å²) in [7, 11) is 0. The number of nitrogens with zero attached hydrogens (tertiary/aromatic N) is 2. The fourth-order valence-electron chi connectivity index (χ4n) is 2.98. The number of nitrogens with one attached hydrogen (secondary N) is 1. The number of urea groups is 1. The van der Waals surface area contributed by atoms with Crippen LogP contribution in [-0.2, 0) is 19.7 Å². The Balaban J connectivity index is 1.60. The molecule has 1 aromatic carbocycles. The number of amides is 2. The molecule has 6 nitrogen and oxygen atoms in total. The number of hydrogen-bond donors (Lipinski definition) is 3. The summed E-state index contributed by atoms with van der Waals surface area (Å²) in [4.78, 5) is 18.3. The van der Waals surface area contributed by atoms with Gasteiger partial charge in [-0.2, -0.15) is 0 Å². The van der Waals surface area contributed by atoms with Gasteiger partial charge in [0.2, 0.25) is 0 Å². The van der Waals surface area contributed by atoms with Gasteiger partial charge in [-0.15, -0.1) is 0 Å². The maximum atomic E-state index is 12.5. The molecule has 2 heterocycles. The smallest absolute Gasteiger partial charge is 0.322 e.